The van der Waals surface area contributed by atoms with Gasteiger partial charge in [-0.15, -0.1) is 0 Å². The van der Waals surface area contributed by atoms with Gasteiger partial charge in [-0.2, -0.15) is 0 Å². The van der Waals surface area contributed by atoms with Crippen molar-refractivity contribution < 1.29 is 19.4 Å². The average molecular weight is 305 g/mol. The van der Waals surface area contributed by atoms with Crippen molar-refractivity contribution in [1.82, 2.24) is 4.90 Å². The lowest BCUT2D eigenvalue weighted by atomic mass is 9.90. The molecule has 1 aromatic rings. The molecular weight excluding hydrogens is 282 g/mol. The predicted molar refractivity (Wildman–Crippen MR) is 83.2 cm³/mol. The fourth-order valence-electron chi connectivity index (χ4n) is 2.78. The molecule has 5 heteroatoms. The van der Waals surface area contributed by atoms with E-state index in [2.05, 4.69) is 0 Å². The molecule has 0 fully saturated rings. The lowest BCUT2D eigenvalue weighted by Crippen LogP contribution is -2.42. The molecule has 1 atom stereocenters. The topological polar surface area (TPSA) is 66.8 Å². The first-order valence-electron chi connectivity index (χ1n) is 7.47. The summed E-state index contributed by atoms with van der Waals surface area (Å²) in [5.74, 6) is -0.215. The number of nitrogens with zero attached hydrogens (tertiary/aromatic N) is 1. The van der Waals surface area contributed by atoms with Crippen LogP contribution in [-0.4, -0.2) is 34.0 Å². The standard InChI is InChI=1S/C17H23NO4/c1-10-14-12(6-7-13(11(2)19)15(14)20)8-9-18(10)16(21)22-17(3,4)5/h6-7,10,20H,8-9H2,1-5H3. The summed E-state index contributed by atoms with van der Waals surface area (Å²) < 4.78 is 5.42. The van der Waals surface area contributed by atoms with E-state index in [9.17, 15) is 14.7 Å². The molecule has 0 bridgehead atoms. The summed E-state index contributed by atoms with van der Waals surface area (Å²) in [4.78, 5) is 25.5. The molecule has 1 heterocycles. The maximum absolute atomic E-state index is 12.3. The van der Waals surface area contributed by atoms with Crippen LogP contribution in [0.15, 0.2) is 12.1 Å². The lowest BCUT2D eigenvalue weighted by molar-refractivity contribution is 0.0158. The number of carbonyl (C=O) groups is 2. The lowest BCUT2D eigenvalue weighted by Gasteiger charge is -2.36. The monoisotopic (exact) mass is 305 g/mol. The number of phenols is 1. The number of rotatable bonds is 1. The van der Waals surface area contributed by atoms with Gasteiger partial charge in [0.1, 0.15) is 11.4 Å². The first kappa shape index (κ1) is 16.3. The summed E-state index contributed by atoms with van der Waals surface area (Å²) in [5, 5.41) is 10.4. The Morgan fingerprint density at radius 2 is 1.95 bits per heavy atom. The van der Waals surface area contributed by atoms with E-state index in [1.807, 2.05) is 33.8 Å². The van der Waals surface area contributed by atoms with Gasteiger partial charge in [0.05, 0.1) is 11.6 Å². The highest BCUT2D eigenvalue weighted by Crippen LogP contribution is 2.38. The Bertz CT molecular complexity index is 616. The second-order valence-corrected chi connectivity index (χ2v) is 6.69. The minimum atomic E-state index is -0.569. The number of hydrogen-bond acceptors (Lipinski definition) is 4. The van der Waals surface area contributed by atoms with Crippen molar-refractivity contribution in [2.45, 2.75) is 52.7 Å². The molecule has 5 nitrogen and oxygen atoms in total. The largest absolute Gasteiger partial charge is 0.507 e. The average Bonchev–Trinajstić information content (AvgIpc) is 2.36. The normalized spacial score (nSPS) is 17.9. The maximum atomic E-state index is 12.3. The zero-order chi connectivity index (χ0) is 16.7. The van der Waals surface area contributed by atoms with Crippen LogP contribution in [0, 0.1) is 0 Å². The van der Waals surface area contributed by atoms with Gasteiger partial charge in [-0.05, 0) is 52.7 Å². The van der Waals surface area contributed by atoms with Crippen LogP contribution in [-0.2, 0) is 11.2 Å². The molecule has 2 rings (SSSR count). The van der Waals surface area contributed by atoms with Crippen molar-refractivity contribution in [1.29, 1.82) is 0 Å². The highest BCUT2D eigenvalue weighted by Gasteiger charge is 2.33. The Morgan fingerprint density at radius 1 is 1.32 bits per heavy atom. The molecule has 0 saturated heterocycles. The van der Waals surface area contributed by atoms with Crippen LogP contribution >= 0.6 is 0 Å². The van der Waals surface area contributed by atoms with Crippen LogP contribution in [0.4, 0.5) is 4.79 Å². The van der Waals surface area contributed by atoms with Gasteiger partial charge in [0.25, 0.3) is 0 Å². The Labute approximate surface area is 130 Å². The van der Waals surface area contributed by atoms with Crippen LogP contribution in [0.5, 0.6) is 5.75 Å². The van der Waals surface area contributed by atoms with Crippen LogP contribution in [0.25, 0.3) is 0 Å². The molecule has 120 valence electrons. The van der Waals surface area contributed by atoms with Crippen LogP contribution in [0.3, 0.4) is 0 Å². The number of carbonyl (C=O) groups excluding carboxylic acids is 2. The van der Waals surface area contributed by atoms with Crippen molar-refractivity contribution in [3.8, 4) is 5.75 Å². The Morgan fingerprint density at radius 3 is 2.50 bits per heavy atom. The van der Waals surface area contributed by atoms with E-state index in [4.69, 9.17) is 4.74 Å². The number of amides is 1. The first-order chi connectivity index (χ1) is 10.1. The molecule has 0 radical (unpaired) electrons. The van der Waals surface area contributed by atoms with Crippen molar-refractivity contribution >= 4 is 11.9 Å². The molecule has 1 unspecified atom stereocenters. The highest BCUT2D eigenvalue weighted by atomic mass is 16.6. The Hall–Kier alpha value is -2.04. The number of fused-ring (bicyclic) bond motifs is 1. The third-order valence-electron chi connectivity index (χ3n) is 3.82. The van der Waals surface area contributed by atoms with Gasteiger partial charge >= 0.3 is 6.09 Å². The van der Waals surface area contributed by atoms with E-state index in [0.29, 0.717) is 18.5 Å². The van der Waals surface area contributed by atoms with Crippen molar-refractivity contribution in [3.05, 3.63) is 28.8 Å². The van der Waals surface area contributed by atoms with E-state index in [1.165, 1.54) is 6.92 Å². The fourth-order valence-corrected chi connectivity index (χ4v) is 2.78. The summed E-state index contributed by atoms with van der Waals surface area (Å²) in [6.45, 7) is 9.24. The number of phenolic OH excluding ortho intramolecular Hbond substituents is 1. The summed E-state index contributed by atoms with van der Waals surface area (Å²) >= 11 is 0. The second kappa shape index (κ2) is 5.63. The minimum absolute atomic E-state index is 0.0224. The maximum Gasteiger partial charge on any atom is 0.410 e. The van der Waals surface area contributed by atoms with E-state index < -0.39 is 11.7 Å². The van der Waals surface area contributed by atoms with Gasteiger partial charge in [0, 0.05) is 12.1 Å². The number of Topliss-reactive ketones (excluding diaryl/α,β-unsaturated/α-hetero) is 1. The van der Waals surface area contributed by atoms with Gasteiger partial charge < -0.3 is 14.7 Å². The number of ketones is 1. The fraction of sp³-hybridized carbons (Fsp3) is 0.529. The first-order valence-corrected chi connectivity index (χ1v) is 7.47. The van der Waals surface area contributed by atoms with Crippen molar-refractivity contribution in [2.75, 3.05) is 6.54 Å². The number of benzene rings is 1. The molecular formula is C17H23NO4. The molecule has 0 aliphatic carbocycles. The Kier molecular flexibility index (Phi) is 4.18. The number of ether oxygens (including phenoxy) is 1. The third-order valence-corrected chi connectivity index (χ3v) is 3.82. The van der Waals surface area contributed by atoms with Gasteiger partial charge in [0.15, 0.2) is 5.78 Å². The van der Waals surface area contributed by atoms with Crippen LogP contribution in [0.2, 0.25) is 0 Å². The van der Waals surface area contributed by atoms with E-state index in [-0.39, 0.29) is 23.1 Å². The van der Waals surface area contributed by atoms with Gasteiger partial charge in [0.2, 0.25) is 0 Å². The molecule has 1 aliphatic rings. The summed E-state index contributed by atoms with van der Waals surface area (Å²) in [5.41, 5.74) is 1.33. The zero-order valence-corrected chi connectivity index (χ0v) is 13.8. The molecule has 22 heavy (non-hydrogen) atoms. The van der Waals surface area contributed by atoms with E-state index in [0.717, 1.165) is 5.56 Å². The molecule has 1 N–H and O–H groups in total. The summed E-state index contributed by atoms with van der Waals surface area (Å²) in [7, 11) is 0. The quantitative estimate of drug-likeness (QED) is 0.807. The minimum Gasteiger partial charge on any atom is -0.507 e. The molecule has 1 aromatic carbocycles. The van der Waals surface area contributed by atoms with Gasteiger partial charge in [-0.3, -0.25) is 4.79 Å². The molecule has 0 aromatic heterocycles. The zero-order valence-electron chi connectivity index (χ0n) is 13.8. The van der Waals surface area contributed by atoms with Crippen molar-refractivity contribution in [2.24, 2.45) is 0 Å². The van der Waals surface area contributed by atoms with Crippen molar-refractivity contribution in [3.63, 3.8) is 0 Å². The second-order valence-electron chi connectivity index (χ2n) is 6.69. The van der Waals surface area contributed by atoms with Gasteiger partial charge in [-0.25, -0.2) is 4.79 Å². The SMILES string of the molecule is CC(=O)c1ccc2c(c1O)C(C)N(C(=O)OC(C)(C)C)CC2. The van der Waals surface area contributed by atoms with Crippen LogP contribution in [0.1, 0.15) is 62.1 Å². The molecule has 0 spiro atoms. The number of hydrogen-bond donors (Lipinski definition) is 1. The predicted octanol–water partition coefficient (Wildman–Crippen LogP) is 3.45. The van der Waals surface area contributed by atoms with E-state index >= 15 is 0 Å². The van der Waals surface area contributed by atoms with E-state index in [1.54, 1.807) is 11.0 Å². The number of aromatic hydroxyl groups is 1. The molecule has 1 aliphatic heterocycles. The summed E-state index contributed by atoms with van der Waals surface area (Å²) in [6.07, 6.45) is 0.225. The summed E-state index contributed by atoms with van der Waals surface area (Å²) in [6, 6.07) is 3.17. The van der Waals surface area contributed by atoms with Crippen LogP contribution < -0.4 is 0 Å². The highest BCUT2D eigenvalue weighted by molar-refractivity contribution is 5.97. The smallest absolute Gasteiger partial charge is 0.410 e. The molecule has 1 amide bonds. The Balaban J connectivity index is 2.36. The molecule has 0 saturated carbocycles. The third kappa shape index (κ3) is 3.08. The van der Waals surface area contributed by atoms with Gasteiger partial charge in [-0.1, -0.05) is 6.07 Å².